The van der Waals surface area contributed by atoms with Crippen LogP contribution in [0, 0.1) is 0 Å². The number of nitrogens with zero attached hydrogens (tertiary/aromatic N) is 4. The Morgan fingerprint density at radius 1 is 1.05 bits per heavy atom. The molecule has 0 bridgehead atoms. The van der Waals surface area contributed by atoms with Crippen molar-refractivity contribution in [2.75, 3.05) is 25.5 Å². The van der Waals surface area contributed by atoms with E-state index in [1.807, 2.05) is 13.1 Å². The highest BCUT2D eigenvalue weighted by molar-refractivity contribution is 6.06. The zero-order valence-electron chi connectivity index (χ0n) is 22.7. The molecule has 0 aliphatic carbocycles. The quantitative estimate of drug-likeness (QED) is 0.337. The van der Waals surface area contributed by atoms with E-state index >= 15 is 0 Å². The highest BCUT2D eigenvalue weighted by Gasteiger charge is 2.43. The minimum absolute atomic E-state index is 0.106. The molecular formula is C30H26F2N4O6. The standard InChI is InChI=1S/C30H26F2N4O6/c1-34-13-12-24-23(16-34)28(40-17-18-6-8-19(9-7-18)29(38)39)36(33-24)22-5-3-4-20(14-22)27(37)35(2)21-10-11-25-26(15-21)42-30(31,32)41-25/h3-11,14-15H,12-13,16-17H2,1-2H3,(H,38,39). The number of ether oxygens (including phenoxy) is 3. The number of rotatable bonds is 7. The lowest BCUT2D eigenvalue weighted by Crippen LogP contribution is -2.26. The van der Waals surface area contributed by atoms with Gasteiger partial charge in [-0.25, -0.2) is 9.48 Å². The topological polar surface area (TPSA) is 106 Å². The molecule has 0 radical (unpaired) electrons. The van der Waals surface area contributed by atoms with Gasteiger partial charge in [0.15, 0.2) is 11.5 Å². The van der Waals surface area contributed by atoms with E-state index in [4.69, 9.17) is 9.84 Å². The summed E-state index contributed by atoms with van der Waals surface area (Å²) in [5, 5.41) is 14.0. The number of carbonyl (C=O) groups excluding carboxylic acids is 1. The van der Waals surface area contributed by atoms with Crippen molar-refractivity contribution in [3.05, 3.63) is 94.7 Å². The Kier molecular flexibility index (Phi) is 6.77. The summed E-state index contributed by atoms with van der Waals surface area (Å²) in [7, 11) is 3.55. The first-order chi connectivity index (χ1) is 20.1. The van der Waals surface area contributed by atoms with Crippen LogP contribution < -0.4 is 19.1 Å². The molecule has 1 N–H and O–H groups in total. The van der Waals surface area contributed by atoms with Crippen LogP contribution in [0.5, 0.6) is 17.4 Å². The molecule has 4 aromatic rings. The summed E-state index contributed by atoms with van der Waals surface area (Å²) in [6, 6.07) is 17.5. The van der Waals surface area contributed by atoms with Crippen LogP contribution in [0.15, 0.2) is 66.7 Å². The number of fused-ring (bicyclic) bond motifs is 2. The minimum atomic E-state index is -3.75. The molecule has 3 aromatic carbocycles. The summed E-state index contributed by atoms with van der Waals surface area (Å²) in [5.41, 5.74) is 4.12. The van der Waals surface area contributed by atoms with Crippen molar-refractivity contribution in [2.45, 2.75) is 25.9 Å². The van der Waals surface area contributed by atoms with Gasteiger partial charge in [0.1, 0.15) is 6.61 Å². The fourth-order valence-electron chi connectivity index (χ4n) is 4.93. The summed E-state index contributed by atoms with van der Waals surface area (Å²) >= 11 is 0. The first-order valence-electron chi connectivity index (χ1n) is 13.1. The van der Waals surface area contributed by atoms with Gasteiger partial charge in [0, 0.05) is 43.9 Å². The highest BCUT2D eigenvalue weighted by atomic mass is 19.3. The molecule has 0 fully saturated rings. The number of benzene rings is 3. The van der Waals surface area contributed by atoms with Crippen molar-refractivity contribution in [2.24, 2.45) is 0 Å². The smallest absolute Gasteiger partial charge is 0.478 e. The molecular weight excluding hydrogens is 550 g/mol. The molecule has 6 rings (SSSR count). The molecule has 10 nitrogen and oxygen atoms in total. The average molecular weight is 577 g/mol. The van der Waals surface area contributed by atoms with E-state index in [2.05, 4.69) is 14.4 Å². The zero-order valence-corrected chi connectivity index (χ0v) is 22.7. The van der Waals surface area contributed by atoms with Crippen LogP contribution in [-0.4, -0.2) is 58.6 Å². The van der Waals surface area contributed by atoms with Crippen LogP contribution in [0.3, 0.4) is 0 Å². The van der Waals surface area contributed by atoms with Crippen molar-refractivity contribution in [1.29, 1.82) is 0 Å². The molecule has 12 heteroatoms. The molecule has 42 heavy (non-hydrogen) atoms. The van der Waals surface area contributed by atoms with Crippen LogP contribution >= 0.6 is 0 Å². The molecule has 0 unspecified atom stereocenters. The van der Waals surface area contributed by atoms with E-state index in [-0.39, 0.29) is 29.6 Å². The molecule has 216 valence electrons. The van der Waals surface area contributed by atoms with E-state index in [9.17, 15) is 23.5 Å². The molecule has 3 heterocycles. The second-order valence-electron chi connectivity index (χ2n) is 10.1. The second kappa shape index (κ2) is 10.5. The summed E-state index contributed by atoms with van der Waals surface area (Å²) in [6.07, 6.45) is -3.02. The number of hydrogen-bond acceptors (Lipinski definition) is 7. The Morgan fingerprint density at radius 2 is 1.81 bits per heavy atom. The molecule has 2 aliphatic rings. The number of aromatic nitrogens is 2. The third kappa shape index (κ3) is 5.23. The lowest BCUT2D eigenvalue weighted by molar-refractivity contribution is -0.286. The summed E-state index contributed by atoms with van der Waals surface area (Å²) in [5.74, 6) is -1.10. The maximum absolute atomic E-state index is 13.5. The number of halogens is 2. The highest BCUT2D eigenvalue weighted by Crippen LogP contribution is 2.43. The second-order valence-corrected chi connectivity index (χ2v) is 10.1. The lowest BCUT2D eigenvalue weighted by atomic mass is 10.1. The number of carboxylic acid groups (broad SMARTS) is 1. The van der Waals surface area contributed by atoms with Gasteiger partial charge in [-0.05, 0) is 55.1 Å². The summed E-state index contributed by atoms with van der Waals surface area (Å²) in [6.45, 7) is 1.66. The predicted octanol–water partition coefficient (Wildman–Crippen LogP) is 4.74. The van der Waals surface area contributed by atoms with E-state index in [1.165, 1.54) is 42.3 Å². The summed E-state index contributed by atoms with van der Waals surface area (Å²) < 4.78 is 43.9. The van der Waals surface area contributed by atoms with Crippen molar-refractivity contribution in [3.63, 3.8) is 0 Å². The SMILES string of the molecule is CN1CCc2nn(-c3cccc(C(=O)N(C)c4ccc5c(c4)OC(F)(F)O5)c3)c(OCc3ccc(C(=O)O)cc3)c2C1. The third-order valence-corrected chi connectivity index (χ3v) is 7.17. The maximum Gasteiger partial charge on any atom is 0.586 e. The first-order valence-corrected chi connectivity index (χ1v) is 13.1. The zero-order chi connectivity index (χ0) is 29.6. The Hall–Kier alpha value is -4.97. The molecule has 0 saturated carbocycles. The first kappa shape index (κ1) is 27.2. The van der Waals surface area contributed by atoms with Crippen LogP contribution in [0.2, 0.25) is 0 Å². The van der Waals surface area contributed by atoms with E-state index in [1.54, 1.807) is 35.0 Å². The van der Waals surface area contributed by atoms with Gasteiger partial charge >= 0.3 is 12.3 Å². The van der Waals surface area contributed by atoms with Crippen molar-refractivity contribution < 1.29 is 37.7 Å². The number of amides is 1. The number of carboxylic acids is 1. The molecule has 1 aromatic heterocycles. The molecule has 0 spiro atoms. The molecule has 0 atom stereocenters. The maximum atomic E-state index is 13.5. The van der Waals surface area contributed by atoms with Gasteiger partial charge in [-0.15, -0.1) is 8.78 Å². The van der Waals surface area contributed by atoms with Crippen molar-refractivity contribution >= 4 is 17.6 Å². The van der Waals surface area contributed by atoms with Gasteiger partial charge < -0.3 is 29.1 Å². The molecule has 1 amide bonds. The van der Waals surface area contributed by atoms with Crippen LogP contribution in [0.25, 0.3) is 5.69 Å². The Bertz CT molecular complexity index is 1690. The predicted molar refractivity (Wildman–Crippen MR) is 147 cm³/mol. The van der Waals surface area contributed by atoms with E-state index in [0.29, 0.717) is 29.4 Å². The molecule has 2 aliphatic heterocycles. The van der Waals surface area contributed by atoms with Gasteiger partial charge in [0.25, 0.3) is 5.91 Å². The van der Waals surface area contributed by atoms with E-state index in [0.717, 1.165) is 29.8 Å². The lowest BCUT2D eigenvalue weighted by Gasteiger charge is -2.22. The normalized spacial score (nSPS) is 15.2. The minimum Gasteiger partial charge on any atom is -0.478 e. The fourth-order valence-corrected chi connectivity index (χ4v) is 4.93. The largest absolute Gasteiger partial charge is 0.586 e. The molecule has 0 saturated heterocycles. The van der Waals surface area contributed by atoms with Gasteiger partial charge in [-0.1, -0.05) is 18.2 Å². The number of anilines is 1. The van der Waals surface area contributed by atoms with Gasteiger partial charge in [0.2, 0.25) is 5.88 Å². The van der Waals surface area contributed by atoms with Crippen molar-refractivity contribution in [3.8, 4) is 23.1 Å². The Morgan fingerprint density at radius 3 is 2.57 bits per heavy atom. The Balaban J connectivity index is 1.28. The van der Waals surface area contributed by atoms with Crippen LogP contribution in [-0.2, 0) is 19.6 Å². The fraction of sp³-hybridized carbons (Fsp3) is 0.233. The average Bonchev–Trinajstić information content (AvgIpc) is 3.50. The number of carbonyl (C=O) groups is 2. The number of likely N-dealkylation sites (N-methyl/N-ethyl adjacent to an activating group) is 1. The van der Waals surface area contributed by atoms with E-state index < -0.39 is 12.3 Å². The summed E-state index contributed by atoms with van der Waals surface area (Å²) in [4.78, 5) is 28.2. The van der Waals surface area contributed by atoms with Gasteiger partial charge in [-0.2, -0.15) is 5.10 Å². The van der Waals surface area contributed by atoms with Gasteiger partial charge in [0.05, 0.1) is 22.5 Å². The third-order valence-electron chi connectivity index (χ3n) is 7.17. The van der Waals surface area contributed by atoms with Crippen LogP contribution in [0.4, 0.5) is 14.5 Å². The van der Waals surface area contributed by atoms with Crippen molar-refractivity contribution in [1.82, 2.24) is 14.7 Å². The Labute approximate surface area is 239 Å². The number of alkyl halides is 2. The van der Waals surface area contributed by atoms with Crippen LogP contribution in [0.1, 0.15) is 37.5 Å². The number of hydrogen-bond donors (Lipinski definition) is 1. The monoisotopic (exact) mass is 576 g/mol. The number of aromatic carboxylic acids is 1. The van der Waals surface area contributed by atoms with Gasteiger partial charge in [-0.3, -0.25) is 4.79 Å².